The molecule has 2 aromatic rings. The standard InChI is InChI=1S/C22H30F3N5/c1-15(12-21(26-2)27-3)20-13-17-18(28-16-8-10-29(4)11-9-16)6-5-7-19(17)30(20)14-22(23,24)25/h5-7,12-13,16,26-28H,1,8-11,14H2,2-4H3. The van der Waals surface area contributed by atoms with E-state index in [1.807, 2.05) is 12.1 Å². The number of hydrogen-bond acceptors (Lipinski definition) is 4. The van der Waals surface area contributed by atoms with Gasteiger partial charge in [0, 0.05) is 36.9 Å². The van der Waals surface area contributed by atoms with E-state index < -0.39 is 12.7 Å². The SMILES string of the molecule is C=C(C=C(NC)NC)c1cc2c(NC3CCN(C)CC3)cccc2n1CC(F)(F)F. The summed E-state index contributed by atoms with van der Waals surface area (Å²) in [4.78, 5) is 2.29. The summed E-state index contributed by atoms with van der Waals surface area (Å²) in [5.74, 6) is 0.675. The van der Waals surface area contributed by atoms with Crippen LogP contribution in [0.15, 0.2) is 42.7 Å². The van der Waals surface area contributed by atoms with Crippen molar-refractivity contribution in [2.45, 2.75) is 31.6 Å². The molecule has 1 aromatic carbocycles. The first-order valence-corrected chi connectivity index (χ1v) is 10.1. The monoisotopic (exact) mass is 421 g/mol. The molecule has 8 heteroatoms. The van der Waals surface area contributed by atoms with E-state index in [1.165, 1.54) is 4.57 Å². The maximum atomic E-state index is 13.4. The normalized spacial score (nSPS) is 15.8. The molecule has 30 heavy (non-hydrogen) atoms. The first kappa shape index (κ1) is 22.1. The lowest BCUT2D eigenvalue weighted by molar-refractivity contribution is -0.140. The van der Waals surface area contributed by atoms with Crippen LogP contribution in [0.2, 0.25) is 0 Å². The van der Waals surface area contributed by atoms with Crippen molar-refractivity contribution >= 4 is 22.2 Å². The Kier molecular flexibility index (Phi) is 6.65. The second kappa shape index (κ2) is 9.04. The third kappa shape index (κ3) is 5.11. The Morgan fingerprint density at radius 2 is 1.87 bits per heavy atom. The largest absolute Gasteiger partial charge is 0.406 e. The fourth-order valence-corrected chi connectivity index (χ4v) is 3.92. The Labute approximate surface area is 175 Å². The number of halogens is 3. The summed E-state index contributed by atoms with van der Waals surface area (Å²) in [7, 11) is 5.58. The van der Waals surface area contributed by atoms with E-state index in [4.69, 9.17) is 0 Å². The molecule has 1 aromatic heterocycles. The molecular formula is C22H30F3N5. The zero-order valence-corrected chi connectivity index (χ0v) is 17.7. The Hall–Kier alpha value is -2.61. The number of alkyl halides is 3. The van der Waals surface area contributed by atoms with Gasteiger partial charge in [-0.1, -0.05) is 12.6 Å². The smallest absolute Gasteiger partial charge is 0.382 e. The number of nitrogens with one attached hydrogen (secondary N) is 3. The summed E-state index contributed by atoms with van der Waals surface area (Å²) >= 11 is 0. The fourth-order valence-electron chi connectivity index (χ4n) is 3.92. The molecule has 0 amide bonds. The lowest BCUT2D eigenvalue weighted by Crippen LogP contribution is -2.36. The Balaban J connectivity index is 2.03. The van der Waals surface area contributed by atoms with Gasteiger partial charge in [-0.25, -0.2) is 0 Å². The summed E-state index contributed by atoms with van der Waals surface area (Å²) in [6.07, 6.45) is -0.611. The minimum absolute atomic E-state index is 0.310. The number of fused-ring (bicyclic) bond motifs is 1. The lowest BCUT2D eigenvalue weighted by Gasteiger charge is -2.30. The van der Waals surface area contributed by atoms with Crippen molar-refractivity contribution in [2.75, 3.05) is 39.5 Å². The van der Waals surface area contributed by atoms with Crippen molar-refractivity contribution in [1.29, 1.82) is 0 Å². The molecule has 164 valence electrons. The van der Waals surface area contributed by atoms with E-state index in [9.17, 15) is 13.2 Å². The van der Waals surface area contributed by atoms with Crippen LogP contribution in [0.4, 0.5) is 18.9 Å². The number of benzene rings is 1. The van der Waals surface area contributed by atoms with E-state index in [0.29, 0.717) is 28.6 Å². The van der Waals surface area contributed by atoms with Gasteiger partial charge in [0.2, 0.25) is 0 Å². The fraction of sp³-hybridized carbons (Fsp3) is 0.455. The van der Waals surface area contributed by atoms with Gasteiger partial charge in [-0.05, 0) is 62.8 Å². The number of likely N-dealkylation sites (tertiary alicyclic amines) is 1. The molecule has 0 unspecified atom stereocenters. The summed E-state index contributed by atoms with van der Waals surface area (Å²) < 4.78 is 41.5. The first-order chi connectivity index (χ1) is 14.2. The van der Waals surface area contributed by atoms with Crippen LogP contribution in [-0.4, -0.2) is 55.9 Å². The van der Waals surface area contributed by atoms with Crippen molar-refractivity contribution in [1.82, 2.24) is 20.1 Å². The van der Waals surface area contributed by atoms with Crippen LogP contribution in [0.3, 0.4) is 0 Å². The quantitative estimate of drug-likeness (QED) is 0.592. The van der Waals surface area contributed by atoms with Crippen LogP contribution < -0.4 is 16.0 Å². The third-order valence-electron chi connectivity index (χ3n) is 5.55. The molecule has 1 fully saturated rings. The van der Waals surface area contributed by atoms with Crippen LogP contribution in [0.1, 0.15) is 18.5 Å². The van der Waals surface area contributed by atoms with Crippen LogP contribution in [-0.2, 0) is 6.54 Å². The van der Waals surface area contributed by atoms with Gasteiger partial charge in [0.25, 0.3) is 0 Å². The Bertz CT molecular complexity index is 915. The minimum Gasteiger partial charge on any atom is -0.382 e. The van der Waals surface area contributed by atoms with Gasteiger partial charge in [0.15, 0.2) is 0 Å². The van der Waals surface area contributed by atoms with Crippen molar-refractivity contribution in [3.05, 3.63) is 48.4 Å². The molecule has 1 aliphatic heterocycles. The highest BCUT2D eigenvalue weighted by molar-refractivity contribution is 5.96. The summed E-state index contributed by atoms with van der Waals surface area (Å²) in [6, 6.07) is 7.60. The average Bonchev–Trinajstić information content (AvgIpc) is 3.05. The molecule has 1 saturated heterocycles. The number of aromatic nitrogens is 1. The number of piperidine rings is 1. The number of rotatable bonds is 7. The van der Waals surface area contributed by atoms with Crippen molar-refractivity contribution in [3.63, 3.8) is 0 Å². The summed E-state index contributed by atoms with van der Waals surface area (Å²) in [5, 5.41) is 10.3. The molecule has 0 aliphatic carbocycles. The minimum atomic E-state index is -4.34. The van der Waals surface area contributed by atoms with Crippen LogP contribution in [0, 0.1) is 0 Å². The van der Waals surface area contributed by atoms with Crippen LogP contribution in [0.25, 0.3) is 16.5 Å². The van der Waals surface area contributed by atoms with Crippen LogP contribution in [0.5, 0.6) is 0 Å². The Morgan fingerprint density at radius 3 is 2.47 bits per heavy atom. The van der Waals surface area contributed by atoms with Gasteiger partial charge in [-0.3, -0.25) is 0 Å². The molecule has 2 heterocycles. The van der Waals surface area contributed by atoms with E-state index in [1.54, 1.807) is 32.3 Å². The van der Waals surface area contributed by atoms with E-state index in [2.05, 4.69) is 34.5 Å². The molecule has 0 saturated carbocycles. The maximum Gasteiger partial charge on any atom is 0.406 e. The number of nitrogens with zero attached hydrogens (tertiary/aromatic N) is 2. The highest BCUT2D eigenvalue weighted by Gasteiger charge is 2.30. The molecule has 0 atom stereocenters. The number of anilines is 1. The average molecular weight is 422 g/mol. The van der Waals surface area contributed by atoms with E-state index in [-0.39, 0.29) is 0 Å². The third-order valence-corrected chi connectivity index (χ3v) is 5.55. The van der Waals surface area contributed by atoms with Crippen LogP contribution >= 0.6 is 0 Å². The van der Waals surface area contributed by atoms with Crippen molar-refractivity contribution in [2.24, 2.45) is 0 Å². The van der Waals surface area contributed by atoms with Crippen molar-refractivity contribution < 1.29 is 13.2 Å². The van der Waals surface area contributed by atoms with Gasteiger partial charge < -0.3 is 25.4 Å². The van der Waals surface area contributed by atoms with Gasteiger partial charge >= 0.3 is 6.18 Å². The Morgan fingerprint density at radius 1 is 1.20 bits per heavy atom. The van der Waals surface area contributed by atoms with Gasteiger partial charge in [0.05, 0.1) is 11.3 Å². The predicted octanol–water partition coefficient (Wildman–Crippen LogP) is 4.00. The van der Waals surface area contributed by atoms with Gasteiger partial charge in [-0.15, -0.1) is 0 Å². The topological polar surface area (TPSA) is 44.3 Å². The summed E-state index contributed by atoms with van der Waals surface area (Å²) in [6.45, 7) is 4.98. The van der Waals surface area contributed by atoms with E-state index >= 15 is 0 Å². The van der Waals surface area contributed by atoms with Crippen molar-refractivity contribution in [3.8, 4) is 0 Å². The summed E-state index contributed by atoms with van der Waals surface area (Å²) in [5.41, 5.74) is 2.36. The van der Waals surface area contributed by atoms with Gasteiger partial charge in [0.1, 0.15) is 6.54 Å². The molecule has 3 N–H and O–H groups in total. The molecule has 1 aliphatic rings. The molecule has 0 spiro atoms. The van der Waals surface area contributed by atoms with Gasteiger partial charge in [-0.2, -0.15) is 13.2 Å². The highest BCUT2D eigenvalue weighted by Crippen LogP contribution is 2.34. The number of allylic oxidation sites excluding steroid dienone is 2. The van der Waals surface area contributed by atoms with E-state index in [0.717, 1.165) is 37.0 Å². The molecule has 0 radical (unpaired) electrons. The predicted molar refractivity (Wildman–Crippen MR) is 117 cm³/mol. The maximum absolute atomic E-state index is 13.4. The lowest BCUT2D eigenvalue weighted by atomic mass is 10.0. The molecular weight excluding hydrogens is 391 g/mol. The zero-order chi connectivity index (χ0) is 21.9. The second-order valence-electron chi connectivity index (χ2n) is 7.77. The first-order valence-electron chi connectivity index (χ1n) is 10.1. The molecule has 3 rings (SSSR count). The highest BCUT2D eigenvalue weighted by atomic mass is 19.4. The second-order valence-corrected chi connectivity index (χ2v) is 7.77. The molecule has 5 nitrogen and oxygen atoms in total. The molecule has 0 bridgehead atoms. The zero-order valence-electron chi connectivity index (χ0n) is 17.7. The number of hydrogen-bond donors (Lipinski definition) is 3.